The maximum absolute atomic E-state index is 4.84. The third kappa shape index (κ3) is 5.01. The normalized spacial score (nSPS) is 13.3. The van der Waals surface area contributed by atoms with Gasteiger partial charge in [0.2, 0.25) is 0 Å². The summed E-state index contributed by atoms with van der Waals surface area (Å²) in [6, 6.07) is 1.97. The lowest BCUT2D eigenvalue weighted by Gasteiger charge is -2.08. The van der Waals surface area contributed by atoms with Gasteiger partial charge < -0.3 is 4.52 Å². The SMILES string of the molecule is CC(C)CCCCCC(C)c1ccon1. The van der Waals surface area contributed by atoms with E-state index in [1.54, 1.807) is 6.26 Å². The molecule has 2 heteroatoms. The molecule has 1 atom stereocenters. The van der Waals surface area contributed by atoms with Gasteiger partial charge in [-0.2, -0.15) is 0 Å². The van der Waals surface area contributed by atoms with Gasteiger partial charge in [0.1, 0.15) is 6.26 Å². The fourth-order valence-corrected chi connectivity index (χ4v) is 1.80. The summed E-state index contributed by atoms with van der Waals surface area (Å²) >= 11 is 0. The van der Waals surface area contributed by atoms with Gasteiger partial charge in [0.05, 0.1) is 5.69 Å². The standard InChI is InChI=1S/C13H23NO/c1-11(2)7-5-4-6-8-12(3)13-9-10-15-14-13/h9-12H,4-8H2,1-3H3. The summed E-state index contributed by atoms with van der Waals surface area (Å²) in [6.45, 7) is 6.80. The number of unbranched alkanes of at least 4 members (excludes halogenated alkanes) is 2. The highest BCUT2D eigenvalue weighted by molar-refractivity contribution is 5.01. The first-order chi connectivity index (χ1) is 7.20. The number of nitrogens with zero attached hydrogens (tertiary/aromatic N) is 1. The quantitative estimate of drug-likeness (QED) is 0.623. The van der Waals surface area contributed by atoms with Crippen LogP contribution in [-0.2, 0) is 0 Å². The molecule has 1 aromatic rings. The van der Waals surface area contributed by atoms with Crippen LogP contribution in [0.2, 0.25) is 0 Å². The van der Waals surface area contributed by atoms with Crippen molar-refractivity contribution in [1.82, 2.24) is 5.16 Å². The molecule has 2 nitrogen and oxygen atoms in total. The largest absolute Gasteiger partial charge is 0.365 e. The van der Waals surface area contributed by atoms with Gasteiger partial charge in [0.25, 0.3) is 0 Å². The van der Waals surface area contributed by atoms with Crippen LogP contribution >= 0.6 is 0 Å². The fraction of sp³-hybridized carbons (Fsp3) is 0.769. The lowest BCUT2D eigenvalue weighted by Crippen LogP contribution is -1.94. The number of rotatable bonds is 7. The van der Waals surface area contributed by atoms with Gasteiger partial charge in [0, 0.05) is 12.0 Å². The highest BCUT2D eigenvalue weighted by Gasteiger charge is 2.07. The van der Waals surface area contributed by atoms with E-state index in [2.05, 4.69) is 25.9 Å². The van der Waals surface area contributed by atoms with Crippen LogP contribution in [0.25, 0.3) is 0 Å². The highest BCUT2D eigenvalue weighted by Crippen LogP contribution is 2.20. The molecule has 0 aliphatic rings. The average Bonchev–Trinajstić information content (AvgIpc) is 2.69. The van der Waals surface area contributed by atoms with Crippen LogP contribution in [0.1, 0.15) is 64.5 Å². The topological polar surface area (TPSA) is 26.0 Å². The smallest absolute Gasteiger partial charge is 0.124 e. The fourth-order valence-electron chi connectivity index (χ4n) is 1.80. The molecule has 0 saturated heterocycles. The summed E-state index contributed by atoms with van der Waals surface area (Å²) in [4.78, 5) is 0. The summed E-state index contributed by atoms with van der Waals surface area (Å²) in [5, 5.41) is 3.97. The molecular formula is C13H23NO. The molecule has 1 aromatic heterocycles. The van der Waals surface area contributed by atoms with Gasteiger partial charge in [-0.15, -0.1) is 0 Å². The van der Waals surface area contributed by atoms with Gasteiger partial charge in [-0.1, -0.05) is 51.6 Å². The third-order valence-electron chi connectivity index (χ3n) is 2.88. The Morgan fingerprint density at radius 3 is 2.47 bits per heavy atom. The van der Waals surface area contributed by atoms with Crippen molar-refractivity contribution in [2.45, 2.75) is 58.8 Å². The van der Waals surface area contributed by atoms with E-state index in [0.29, 0.717) is 5.92 Å². The second-order valence-corrected chi connectivity index (χ2v) is 4.86. The van der Waals surface area contributed by atoms with Crippen molar-refractivity contribution in [3.05, 3.63) is 18.0 Å². The van der Waals surface area contributed by atoms with Crippen LogP contribution in [0.5, 0.6) is 0 Å². The molecule has 0 amide bonds. The zero-order valence-corrected chi connectivity index (χ0v) is 10.2. The Bertz CT molecular complexity index is 241. The van der Waals surface area contributed by atoms with E-state index in [-0.39, 0.29) is 0 Å². The van der Waals surface area contributed by atoms with Crippen LogP contribution < -0.4 is 0 Å². The van der Waals surface area contributed by atoms with Gasteiger partial charge in [0.15, 0.2) is 0 Å². The molecular weight excluding hydrogens is 186 g/mol. The minimum Gasteiger partial charge on any atom is -0.365 e. The molecule has 0 aromatic carbocycles. The van der Waals surface area contributed by atoms with E-state index in [4.69, 9.17) is 4.52 Å². The molecule has 1 unspecified atom stereocenters. The first kappa shape index (κ1) is 12.3. The molecule has 1 rings (SSSR count). The van der Waals surface area contributed by atoms with Crippen LogP contribution in [0.4, 0.5) is 0 Å². The van der Waals surface area contributed by atoms with Gasteiger partial charge in [-0.05, 0) is 12.3 Å². The van der Waals surface area contributed by atoms with Crippen LogP contribution in [-0.4, -0.2) is 5.16 Å². The molecule has 0 aliphatic carbocycles. The summed E-state index contributed by atoms with van der Waals surface area (Å²) in [6.07, 6.45) is 8.26. The van der Waals surface area contributed by atoms with E-state index < -0.39 is 0 Å². The van der Waals surface area contributed by atoms with Crippen LogP contribution in [0.3, 0.4) is 0 Å². The Labute approximate surface area is 93.0 Å². The Morgan fingerprint density at radius 2 is 1.87 bits per heavy atom. The second-order valence-electron chi connectivity index (χ2n) is 4.86. The minimum absolute atomic E-state index is 0.544. The van der Waals surface area contributed by atoms with Crippen LogP contribution in [0, 0.1) is 5.92 Å². The molecule has 0 fully saturated rings. The number of hydrogen-bond donors (Lipinski definition) is 0. The minimum atomic E-state index is 0.544. The Balaban J connectivity index is 2.05. The molecule has 86 valence electrons. The molecule has 0 radical (unpaired) electrons. The Kier molecular flexibility index (Phi) is 5.44. The molecule has 0 bridgehead atoms. The zero-order chi connectivity index (χ0) is 11.1. The van der Waals surface area contributed by atoms with E-state index in [0.717, 1.165) is 11.6 Å². The average molecular weight is 209 g/mol. The van der Waals surface area contributed by atoms with Gasteiger partial charge in [-0.3, -0.25) is 0 Å². The van der Waals surface area contributed by atoms with Crippen molar-refractivity contribution in [2.75, 3.05) is 0 Å². The summed E-state index contributed by atoms with van der Waals surface area (Å²) < 4.78 is 4.84. The lowest BCUT2D eigenvalue weighted by atomic mass is 9.98. The summed E-state index contributed by atoms with van der Waals surface area (Å²) in [5.74, 6) is 1.39. The lowest BCUT2D eigenvalue weighted by molar-refractivity contribution is 0.402. The molecule has 0 spiro atoms. The van der Waals surface area contributed by atoms with Crippen molar-refractivity contribution in [3.63, 3.8) is 0 Å². The Morgan fingerprint density at radius 1 is 1.13 bits per heavy atom. The predicted octanol–water partition coefficient (Wildman–Crippen LogP) is 4.38. The maximum Gasteiger partial charge on any atom is 0.124 e. The van der Waals surface area contributed by atoms with Gasteiger partial charge in [-0.25, -0.2) is 0 Å². The molecule has 0 N–H and O–H groups in total. The van der Waals surface area contributed by atoms with Crippen molar-refractivity contribution < 1.29 is 4.52 Å². The van der Waals surface area contributed by atoms with Crippen molar-refractivity contribution in [1.29, 1.82) is 0 Å². The number of aromatic nitrogens is 1. The molecule has 0 aliphatic heterocycles. The first-order valence-corrected chi connectivity index (χ1v) is 6.10. The second kappa shape index (κ2) is 6.65. The molecule has 0 saturated carbocycles. The van der Waals surface area contributed by atoms with Crippen molar-refractivity contribution in [3.8, 4) is 0 Å². The summed E-state index contributed by atoms with van der Waals surface area (Å²) in [5.41, 5.74) is 1.10. The van der Waals surface area contributed by atoms with E-state index in [9.17, 15) is 0 Å². The molecule has 15 heavy (non-hydrogen) atoms. The van der Waals surface area contributed by atoms with Crippen molar-refractivity contribution >= 4 is 0 Å². The monoisotopic (exact) mass is 209 g/mol. The van der Waals surface area contributed by atoms with Crippen LogP contribution in [0.15, 0.2) is 16.9 Å². The highest BCUT2D eigenvalue weighted by atomic mass is 16.5. The Hall–Kier alpha value is -0.790. The van der Waals surface area contributed by atoms with Crippen molar-refractivity contribution in [2.24, 2.45) is 5.92 Å². The number of hydrogen-bond acceptors (Lipinski definition) is 2. The maximum atomic E-state index is 4.84. The summed E-state index contributed by atoms with van der Waals surface area (Å²) in [7, 11) is 0. The van der Waals surface area contributed by atoms with E-state index >= 15 is 0 Å². The van der Waals surface area contributed by atoms with Gasteiger partial charge >= 0.3 is 0 Å². The first-order valence-electron chi connectivity index (χ1n) is 6.10. The molecule has 1 heterocycles. The van der Waals surface area contributed by atoms with E-state index in [1.165, 1.54) is 32.1 Å². The third-order valence-corrected chi connectivity index (χ3v) is 2.88. The van der Waals surface area contributed by atoms with E-state index in [1.807, 2.05) is 6.07 Å². The predicted molar refractivity (Wildman–Crippen MR) is 62.8 cm³/mol. The zero-order valence-electron chi connectivity index (χ0n) is 10.2.